The smallest absolute Gasteiger partial charge is 0.320 e. The number of aryl methyl sites for hydroxylation is 1. The summed E-state index contributed by atoms with van der Waals surface area (Å²) in [7, 11) is 0. The molecule has 0 heterocycles. The van der Waals surface area contributed by atoms with Crippen LogP contribution in [0.15, 0.2) is 24.3 Å². The first-order chi connectivity index (χ1) is 9.90. The van der Waals surface area contributed by atoms with Gasteiger partial charge >= 0.3 is 11.9 Å². The van der Waals surface area contributed by atoms with E-state index in [0.717, 1.165) is 11.3 Å². The Kier molecular flexibility index (Phi) is 6.68. The van der Waals surface area contributed by atoms with Gasteiger partial charge in [0.1, 0.15) is 11.8 Å². The summed E-state index contributed by atoms with van der Waals surface area (Å²) in [6.07, 6.45) is 0.786. The zero-order valence-electron chi connectivity index (χ0n) is 12.0. The fourth-order valence-electron chi connectivity index (χ4n) is 1.90. The molecule has 1 rings (SSSR count). The van der Waals surface area contributed by atoms with Gasteiger partial charge in [-0.1, -0.05) is 17.7 Å². The first kappa shape index (κ1) is 17.0. The van der Waals surface area contributed by atoms with Crippen LogP contribution in [0.25, 0.3) is 0 Å². The summed E-state index contributed by atoms with van der Waals surface area (Å²) < 4.78 is 5.50. The highest BCUT2D eigenvalue weighted by molar-refractivity contribution is 5.75. The van der Waals surface area contributed by atoms with Crippen LogP contribution in [0.5, 0.6) is 5.75 Å². The third kappa shape index (κ3) is 6.27. The van der Waals surface area contributed by atoms with Crippen molar-refractivity contribution in [3.05, 3.63) is 29.8 Å². The molecule has 21 heavy (non-hydrogen) atoms. The van der Waals surface area contributed by atoms with E-state index in [9.17, 15) is 9.59 Å². The molecule has 0 saturated heterocycles. The van der Waals surface area contributed by atoms with E-state index in [1.54, 1.807) is 0 Å². The summed E-state index contributed by atoms with van der Waals surface area (Å²) in [6, 6.07) is 6.42. The highest BCUT2D eigenvalue weighted by atomic mass is 16.5. The lowest BCUT2D eigenvalue weighted by molar-refractivity contribution is -0.143. The van der Waals surface area contributed by atoms with Crippen molar-refractivity contribution in [2.24, 2.45) is 11.7 Å². The molecule has 4 N–H and O–H groups in total. The maximum absolute atomic E-state index is 11.1. The van der Waals surface area contributed by atoms with Crippen molar-refractivity contribution >= 4 is 11.9 Å². The van der Waals surface area contributed by atoms with Crippen LogP contribution in [0.4, 0.5) is 0 Å². The largest absolute Gasteiger partial charge is 0.494 e. The van der Waals surface area contributed by atoms with Gasteiger partial charge < -0.3 is 20.7 Å². The minimum atomic E-state index is -1.18. The van der Waals surface area contributed by atoms with Crippen LogP contribution in [0.1, 0.15) is 24.8 Å². The van der Waals surface area contributed by atoms with Crippen molar-refractivity contribution in [3.8, 4) is 5.75 Å². The van der Waals surface area contributed by atoms with Crippen molar-refractivity contribution in [1.82, 2.24) is 0 Å². The van der Waals surface area contributed by atoms with Crippen LogP contribution in [0.3, 0.4) is 0 Å². The molecule has 0 aliphatic rings. The Hall–Kier alpha value is -2.08. The molecule has 0 saturated carbocycles. The lowest BCUT2D eigenvalue weighted by atomic mass is 9.95. The van der Waals surface area contributed by atoms with Crippen molar-refractivity contribution in [2.75, 3.05) is 6.61 Å². The summed E-state index contributed by atoms with van der Waals surface area (Å²) in [4.78, 5) is 21.7. The van der Waals surface area contributed by atoms with Crippen molar-refractivity contribution < 1.29 is 24.5 Å². The van der Waals surface area contributed by atoms with Gasteiger partial charge in [-0.3, -0.25) is 9.59 Å². The van der Waals surface area contributed by atoms with E-state index in [0.29, 0.717) is 19.4 Å². The number of carboxylic acid groups (broad SMARTS) is 2. The van der Waals surface area contributed by atoms with Gasteiger partial charge in [-0.2, -0.15) is 0 Å². The zero-order valence-corrected chi connectivity index (χ0v) is 12.0. The molecule has 6 nitrogen and oxygen atoms in total. The van der Waals surface area contributed by atoms with Gasteiger partial charge in [-0.05, 0) is 38.3 Å². The molecule has 0 aromatic heterocycles. The van der Waals surface area contributed by atoms with Crippen LogP contribution in [0, 0.1) is 12.8 Å². The Bertz CT molecular complexity index is 471. The van der Waals surface area contributed by atoms with E-state index in [4.69, 9.17) is 20.7 Å². The van der Waals surface area contributed by atoms with Gasteiger partial charge in [0.25, 0.3) is 0 Å². The van der Waals surface area contributed by atoms with Crippen LogP contribution >= 0.6 is 0 Å². The van der Waals surface area contributed by atoms with Crippen LogP contribution in [0.2, 0.25) is 0 Å². The second-order valence-electron chi connectivity index (χ2n) is 5.02. The molecule has 116 valence electrons. The van der Waals surface area contributed by atoms with Crippen molar-refractivity contribution in [3.63, 3.8) is 0 Å². The van der Waals surface area contributed by atoms with Crippen molar-refractivity contribution in [2.45, 2.75) is 32.2 Å². The van der Waals surface area contributed by atoms with E-state index in [1.807, 2.05) is 31.2 Å². The molecule has 1 aromatic rings. The molecule has 0 fully saturated rings. The Labute approximate surface area is 123 Å². The van der Waals surface area contributed by atoms with Gasteiger partial charge in [0.2, 0.25) is 0 Å². The lowest BCUT2D eigenvalue weighted by Gasteiger charge is -2.15. The maximum Gasteiger partial charge on any atom is 0.320 e. The van der Waals surface area contributed by atoms with Crippen LogP contribution < -0.4 is 10.5 Å². The lowest BCUT2D eigenvalue weighted by Crippen LogP contribution is -2.34. The maximum atomic E-state index is 11.1. The minimum Gasteiger partial charge on any atom is -0.494 e. The number of carboxylic acids is 2. The quantitative estimate of drug-likeness (QED) is 0.598. The summed E-state index contributed by atoms with van der Waals surface area (Å²) in [5.74, 6) is -2.24. The molecule has 0 amide bonds. The molecule has 0 aliphatic heterocycles. The Morgan fingerprint density at radius 3 is 2.33 bits per heavy atom. The number of hydrogen-bond donors (Lipinski definition) is 3. The normalized spacial score (nSPS) is 13.4. The predicted molar refractivity (Wildman–Crippen MR) is 77.3 cm³/mol. The standard InChI is InChI=1S/C15H21NO5/c1-10-4-6-12(7-5-10)21-8-2-3-11(14(17)18)9-13(16)15(19)20/h4-7,11,13H,2-3,8-9,16H2,1H3,(H,17,18)(H,19,20)/t11-,13?/m0/s1. The highest BCUT2D eigenvalue weighted by Gasteiger charge is 2.23. The monoisotopic (exact) mass is 295 g/mol. The number of nitrogens with two attached hydrogens (primary N) is 1. The Balaban J connectivity index is 2.35. The minimum absolute atomic E-state index is 0.0742. The second-order valence-corrected chi connectivity index (χ2v) is 5.02. The highest BCUT2D eigenvalue weighted by Crippen LogP contribution is 2.16. The second kappa shape index (κ2) is 8.26. The molecule has 0 spiro atoms. The Morgan fingerprint density at radius 1 is 1.19 bits per heavy atom. The number of rotatable bonds is 9. The third-order valence-electron chi connectivity index (χ3n) is 3.19. The SMILES string of the molecule is Cc1ccc(OCCC[C@@H](CC(N)C(=O)O)C(=O)O)cc1. The van der Waals surface area contributed by atoms with E-state index in [1.165, 1.54) is 0 Å². The van der Waals surface area contributed by atoms with E-state index >= 15 is 0 Å². The van der Waals surface area contributed by atoms with Crippen LogP contribution in [-0.2, 0) is 9.59 Å². The van der Waals surface area contributed by atoms with Gasteiger partial charge in [0.05, 0.1) is 12.5 Å². The third-order valence-corrected chi connectivity index (χ3v) is 3.19. The molecule has 0 bridgehead atoms. The summed E-state index contributed by atoms with van der Waals surface area (Å²) in [5.41, 5.74) is 6.51. The number of ether oxygens (including phenoxy) is 1. The van der Waals surface area contributed by atoms with Gasteiger partial charge in [-0.15, -0.1) is 0 Å². The first-order valence-corrected chi connectivity index (χ1v) is 6.81. The molecule has 2 atom stereocenters. The summed E-state index contributed by atoms with van der Waals surface area (Å²) in [6.45, 7) is 2.36. The predicted octanol–water partition coefficient (Wildman–Crippen LogP) is 1.66. The van der Waals surface area contributed by atoms with E-state index in [2.05, 4.69) is 0 Å². The molecule has 0 radical (unpaired) electrons. The van der Waals surface area contributed by atoms with Crippen LogP contribution in [-0.4, -0.2) is 34.8 Å². The molecular formula is C15H21NO5. The van der Waals surface area contributed by atoms with Gasteiger partial charge in [0, 0.05) is 0 Å². The first-order valence-electron chi connectivity index (χ1n) is 6.81. The van der Waals surface area contributed by atoms with E-state index in [-0.39, 0.29) is 6.42 Å². The van der Waals surface area contributed by atoms with Gasteiger partial charge in [-0.25, -0.2) is 0 Å². The van der Waals surface area contributed by atoms with E-state index < -0.39 is 23.9 Å². The van der Waals surface area contributed by atoms with Gasteiger partial charge in [0.15, 0.2) is 0 Å². The fraction of sp³-hybridized carbons (Fsp3) is 0.467. The van der Waals surface area contributed by atoms with Crippen molar-refractivity contribution in [1.29, 1.82) is 0 Å². The number of hydrogen-bond acceptors (Lipinski definition) is 4. The number of benzene rings is 1. The average Bonchev–Trinajstić information content (AvgIpc) is 2.43. The molecule has 1 unspecified atom stereocenters. The molecule has 0 aliphatic carbocycles. The number of aliphatic carboxylic acids is 2. The summed E-state index contributed by atoms with van der Waals surface area (Å²) in [5, 5.41) is 17.8. The molecule has 1 aromatic carbocycles. The Morgan fingerprint density at radius 2 is 1.81 bits per heavy atom. The average molecular weight is 295 g/mol. The number of carbonyl (C=O) groups is 2. The molecular weight excluding hydrogens is 274 g/mol. The fourth-order valence-corrected chi connectivity index (χ4v) is 1.90. The zero-order chi connectivity index (χ0) is 15.8. The topological polar surface area (TPSA) is 110 Å². The molecule has 6 heteroatoms. The summed E-state index contributed by atoms with van der Waals surface area (Å²) >= 11 is 0.